The van der Waals surface area contributed by atoms with Gasteiger partial charge in [-0.15, -0.1) is 0 Å². The number of anilines is 1. The molecule has 0 aliphatic rings. The lowest BCUT2D eigenvalue weighted by atomic mass is 10.0. The summed E-state index contributed by atoms with van der Waals surface area (Å²) in [4.78, 5) is 6.00. The van der Waals surface area contributed by atoms with E-state index in [1.807, 2.05) is 32.8 Å². The molecule has 0 amide bonds. The SMILES string of the molecule is CN(C)C(C)(C)Cn1c(N)nc2c(F)cc(F)cc21. The van der Waals surface area contributed by atoms with E-state index in [1.54, 1.807) is 4.57 Å². The van der Waals surface area contributed by atoms with Crippen LogP contribution in [-0.2, 0) is 6.54 Å². The summed E-state index contributed by atoms with van der Waals surface area (Å²) in [6.45, 7) is 4.53. The number of likely N-dealkylation sites (N-methyl/N-ethyl adjacent to an activating group) is 1. The Morgan fingerprint density at radius 3 is 2.53 bits per heavy atom. The zero-order chi connectivity index (χ0) is 14.4. The zero-order valence-corrected chi connectivity index (χ0v) is 11.5. The van der Waals surface area contributed by atoms with E-state index in [-0.39, 0.29) is 17.0 Å². The van der Waals surface area contributed by atoms with Crippen LogP contribution in [0.5, 0.6) is 0 Å². The third-order valence-electron chi connectivity index (χ3n) is 3.56. The number of hydrogen-bond acceptors (Lipinski definition) is 3. The Bertz CT molecular complexity index is 617. The number of fused-ring (bicyclic) bond motifs is 1. The number of nitrogen functional groups attached to an aromatic ring is 1. The van der Waals surface area contributed by atoms with Crippen molar-refractivity contribution in [2.75, 3.05) is 19.8 Å². The van der Waals surface area contributed by atoms with Gasteiger partial charge in [-0.05, 0) is 27.9 Å². The smallest absolute Gasteiger partial charge is 0.201 e. The van der Waals surface area contributed by atoms with Crippen molar-refractivity contribution in [3.05, 3.63) is 23.8 Å². The molecule has 0 atom stereocenters. The molecule has 104 valence electrons. The van der Waals surface area contributed by atoms with Crippen molar-refractivity contribution in [2.45, 2.75) is 25.9 Å². The summed E-state index contributed by atoms with van der Waals surface area (Å²) in [5.41, 5.74) is 6.09. The third-order valence-corrected chi connectivity index (χ3v) is 3.56. The molecule has 2 N–H and O–H groups in total. The average Bonchev–Trinajstić information content (AvgIpc) is 2.56. The first kappa shape index (κ1) is 13.7. The fourth-order valence-corrected chi connectivity index (χ4v) is 1.86. The third kappa shape index (κ3) is 2.40. The van der Waals surface area contributed by atoms with Crippen molar-refractivity contribution in [2.24, 2.45) is 0 Å². The molecule has 0 bridgehead atoms. The molecule has 0 aliphatic heterocycles. The van der Waals surface area contributed by atoms with Crippen LogP contribution in [-0.4, -0.2) is 34.1 Å². The first-order valence-electron chi connectivity index (χ1n) is 6.00. The van der Waals surface area contributed by atoms with Crippen LogP contribution in [0.4, 0.5) is 14.7 Å². The van der Waals surface area contributed by atoms with E-state index >= 15 is 0 Å². The quantitative estimate of drug-likeness (QED) is 0.928. The fraction of sp³-hybridized carbons (Fsp3) is 0.462. The minimum absolute atomic E-state index is 0.105. The van der Waals surface area contributed by atoms with Crippen molar-refractivity contribution in [1.29, 1.82) is 0 Å². The Hall–Kier alpha value is -1.69. The maximum Gasteiger partial charge on any atom is 0.201 e. The molecule has 2 aromatic rings. The Kier molecular flexibility index (Phi) is 3.22. The maximum absolute atomic E-state index is 13.7. The Morgan fingerprint density at radius 1 is 1.32 bits per heavy atom. The van der Waals surface area contributed by atoms with Crippen LogP contribution in [0.15, 0.2) is 12.1 Å². The maximum atomic E-state index is 13.7. The van der Waals surface area contributed by atoms with E-state index < -0.39 is 11.6 Å². The van der Waals surface area contributed by atoms with E-state index in [9.17, 15) is 8.78 Å². The highest BCUT2D eigenvalue weighted by atomic mass is 19.1. The first-order chi connectivity index (χ1) is 8.72. The second kappa shape index (κ2) is 4.45. The van der Waals surface area contributed by atoms with Gasteiger partial charge in [-0.2, -0.15) is 0 Å². The van der Waals surface area contributed by atoms with Crippen LogP contribution in [0.1, 0.15) is 13.8 Å². The van der Waals surface area contributed by atoms with E-state index in [1.165, 1.54) is 6.07 Å². The number of halogens is 2. The number of nitrogens with two attached hydrogens (primary N) is 1. The molecule has 6 heteroatoms. The van der Waals surface area contributed by atoms with Crippen molar-refractivity contribution >= 4 is 17.0 Å². The molecule has 0 spiro atoms. The average molecular weight is 268 g/mol. The lowest BCUT2D eigenvalue weighted by Gasteiger charge is -2.33. The second-order valence-corrected chi connectivity index (χ2v) is 5.52. The topological polar surface area (TPSA) is 47.1 Å². The lowest BCUT2D eigenvalue weighted by molar-refractivity contribution is 0.172. The Balaban J connectivity index is 2.58. The van der Waals surface area contributed by atoms with Gasteiger partial charge in [0.25, 0.3) is 0 Å². The summed E-state index contributed by atoms with van der Waals surface area (Å²) in [7, 11) is 3.88. The summed E-state index contributed by atoms with van der Waals surface area (Å²) in [6, 6.07) is 2.07. The van der Waals surface area contributed by atoms with Gasteiger partial charge in [0.2, 0.25) is 5.95 Å². The number of benzene rings is 1. The van der Waals surface area contributed by atoms with Crippen LogP contribution in [0.2, 0.25) is 0 Å². The highest BCUT2D eigenvalue weighted by Crippen LogP contribution is 2.25. The molecule has 0 radical (unpaired) electrons. The highest BCUT2D eigenvalue weighted by molar-refractivity contribution is 5.79. The molecule has 1 aromatic carbocycles. The van der Waals surface area contributed by atoms with Gasteiger partial charge in [-0.1, -0.05) is 0 Å². The fourth-order valence-electron chi connectivity index (χ4n) is 1.86. The predicted octanol–water partition coefficient (Wildman–Crippen LogP) is 2.24. The van der Waals surface area contributed by atoms with Crippen LogP contribution in [0.3, 0.4) is 0 Å². The molecule has 0 unspecified atom stereocenters. The number of aromatic nitrogens is 2. The molecular formula is C13H18F2N4. The van der Waals surface area contributed by atoms with E-state index in [0.29, 0.717) is 12.1 Å². The number of rotatable bonds is 3. The lowest BCUT2D eigenvalue weighted by Crippen LogP contribution is -2.42. The summed E-state index contributed by atoms with van der Waals surface area (Å²) in [6.07, 6.45) is 0. The van der Waals surface area contributed by atoms with Crippen LogP contribution < -0.4 is 5.73 Å². The molecule has 4 nitrogen and oxygen atoms in total. The zero-order valence-electron chi connectivity index (χ0n) is 11.5. The van der Waals surface area contributed by atoms with Crippen molar-refractivity contribution in [3.63, 3.8) is 0 Å². The van der Waals surface area contributed by atoms with Crippen LogP contribution in [0.25, 0.3) is 11.0 Å². The Labute approximate surface area is 110 Å². The van der Waals surface area contributed by atoms with Gasteiger partial charge in [0, 0.05) is 24.2 Å². The van der Waals surface area contributed by atoms with Crippen molar-refractivity contribution in [1.82, 2.24) is 14.5 Å². The molecule has 0 saturated carbocycles. The van der Waals surface area contributed by atoms with Crippen molar-refractivity contribution < 1.29 is 8.78 Å². The summed E-state index contributed by atoms with van der Waals surface area (Å²) in [5.74, 6) is -1.13. The molecule has 19 heavy (non-hydrogen) atoms. The number of hydrogen-bond donors (Lipinski definition) is 1. The number of nitrogens with zero attached hydrogens (tertiary/aromatic N) is 3. The van der Waals surface area contributed by atoms with Gasteiger partial charge >= 0.3 is 0 Å². The first-order valence-corrected chi connectivity index (χ1v) is 6.00. The summed E-state index contributed by atoms with van der Waals surface area (Å²) in [5, 5.41) is 0. The predicted molar refractivity (Wildman–Crippen MR) is 71.8 cm³/mol. The van der Waals surface area contributed by atoms with Gasteiger partial charge in [0.15, 0.2) is 5.82 Å². The summed E-state index contributed by atoms with van der Waals surface area (Å²) < 4.78 is 28.6. The molecular weight excluding hydrogens is 250 g/mol. The highest BCUT2D eigenvalue weighted by Gasteiger charge is 2.24. The van der Waals surface area contributed by atoms with Gasteiger partial charge in [0.1, 0.15) is 11.3 Å². The molecule has 1 aromatic heterocycles. The van der Waals surface area contributed by atoms with E-state index in [2.05, 4.69) is 4.98 Å². The minimum Gasteiger partial charge on any atom is -0.369 e. The van der Waals surface area contributed by atoms with Gasteiger partial charge in [-0.3, -0.25) is 0 Å². The van der Waals surface area contributed by atoms with Crippen LogP contribution >= 0.6 is 0 Å². The number of imidazole rings is 1. The van der Waals surface area contributed by atoms with Gasteiger partial charge in [0.05, 0.1) is 5.52 Å². The minimum atomic E-state index is -0.692. The summed E-state index contributed by atoms with van der Waals surface area (Å²) >= 11 is 0. The van der Waals surface area contributed by atoms with E-state index in [4.69, 9.17) is 5.73 Å². The second-order valence-electron chi connectivity index (χ2n) is 5.52. The largest absolute Gasteiger partial charge is 0.369 e. The molecule has 0 saturated heterocycles. The molecule has 1 heterocycles. The van der Waals surface area contributed by atoms with Crippen molar-refractivity contribution in [3.8, 4) is 0 Å². The van der Waals surface area contributed by atoms with Gasteiger partial charge < -0.3 is 15.2 Å². The van der Waals surface area contributed by atoms with Gasteiger partial charge in [-0.25, -0.2) is 13.8 Å². The van der Waals surface area contributed by atoms with Crippen LogP contribution in [0, 0.1) is 11.6 Å². The monoisotopic (exact) mass is 268 g/mol. The van der Waals surface area contributed by atoms with E-state index in [0.717, 1.165) is 6.07 Å². The molecule has 0 aliphatic carbocycles. The normalized spacial score (nSPS) is 12.6. The Morgan fingerprint density at radius 2 is 1.95 bits per heavy atom. The molecule has 2 rings (SSSR count). The standard InChI is InChI=1S/C13H18F2N4/c1-13(2,18(3)4)7-19-10-6-8(14)5-9(15)11(10)17-12(19)16/h5-6H,7H2,1-4H3,(H2,16,17). The molecule has 0 fully saturated rings.